The number of thiophene rings is 1. The van der Waals surface area contributed by atoms with Crippen molar-refractivity contribution in [2.24, 2.45) is 0 Å². The molecule has 0 bridgehead atoms. The van der Waals surface area contributed by atoms with Gasteiger partial charge >= 0.3 is 0 Å². The van der Waals surface area contributed by atoms with Crippen LogP contribution in [0.15, 0.2) is 46.0 Å². The molecule has 2 aromatic rings. The van der Waals surface area contributed by atoms with Crippen molar-refractivity contribution in [2.45, 2.75) is 23.6 Å². The summed E-state index contributed by atoms with van der Waals surface area (Å²) in [5.74, 6) is -0.397. The molecule has 7 nitrogen and oxygen atoms in total. The van der Waals surface area contributed by atoms with Crippen molar-refractivity contribution in [3.8, 4) is 0 Å². The first-order valence-electron chi connectivity index (χ1n) is 9.02. The van der Waals surface area contributed by atoms with Crippen LogP contribution in [0.2, 0.25) is 0 Å². The van der Waals surface area contributed by atoms with E-state index in [9.17, 15) is 18.0 Å². The highest BCUT2D eigenvalue weighted by molar-refractivity contribution is 7.91. The number of hydrogen-bond acceptors (Lipinski definition) is 5. The number of nitrogens with zero attached hydrogens (tertiary/aromatic N) is 2. The van der Waals surface area contributed by atoms with Gasteiger partial charge in [-0.1, -0.05) is 18.2 Å². The molecule has 0 aliphatic carbocycles. The summed E-state index contributed by atoms with van der Waals surface area (Å²) in [6.45, 7) is 1.52. The fourth-order valence-electron chi connectivity index (χ4n) is 3.02. The molecule has 9 heteroatoms. The monoisotopic (exact) mass is 421 g/mol. The van der Waals surface area contributed by atoms with E-state index in [-0.39, 0.29) is 23.2 Å². The van der Waals surface area contributed by atoms with Crippen LogP contribution in [0.5, 0.6) is 0 Å². The Bertz CT molecular complexity index is 936. The van der Waals surface area contributed by atoms with Gasteiger partial charge < -0.3 is 10.2 Å². The molecule has 150 valence electrons. The maximum atomic E-state index is 12.5. The van der Waals surface area contributed by atoms with Crippen LogP contribution in [0.4, 0.5) is 0 Å². The number of rotatable bonds is 7. The molecule has 3 rings (SSSR count). The molecule has 1 aromatic heterocycles. The molecule has 2 amide bonds. The lowest BCUT2D eigenvalue weighted by Crippen LogP contribution is -2.37. The second-order valence-electron chi connectivity index (χ2n) is 6.67. The Hall–Kier alpha value is -2.23. The molecular weight excluding hydrogens is 398 g/mol. The number of carbonyl (C=O) groups excluding carboxylic acids is 2. The number of carbonyl (C=O) groups is 2. The zero-order valence-electron chi connectivity index (χ0n) is 15.6. The third kappa shape index (κ3) is 4.78. The zero-order valence-corrected chi connectivity index (χ0v) is 17.3. The first kappa shape index (κ1) is 20.5. The van der Waals surface area contributed by atoms with Gasteiger partial charge in [0, 0.05) is 32.2 Å². The number of amides is 2. The predicted molar refractivity (Wildman–Crippen MR) is 108 cm³/mol. The topological polar surface area (TPSA) is 86.8 Å². The molecule has 0 saturated carbocycles. The molecule has 1 aliphatic rings. The van der Waals surface area contributed by atoms with Gasteiger partial charge in [0.05, 0.1) is 6.54 Å². The zero-order chi connectivity index (χ0) is 20.1. The third-order valence-electron chi connectivity index (χ3n) is 4.58. The number of sulfonamides is 1. The Morgan fingerprint density at radius 3 is 2.61 bits per heavy atom. The summed E-state index contributed by atoms with van der Waals surface area (Å²) in [7, 11) is -2.28. The number of likely N-dealkylation sites (N-methyl/N-ethyl adjacent to an activating group) is 1. The molecule has 1 aliphatic heterocycles. The quantitative estimate of drug-likeness (QED) is 0.740. The number of likely N-dealkylation sites (tertiary alicyclic amines) is 1. The summed E-state index contributed by atoms with van der Waals surface area (Å²) in [5, 5.41) is 4.39. The normalized spacial score (nSPS) is 14.4. The first-order chi connectivity index (χ1) is 13.4. The molecule has 1 N–H and O–H groups in total. The summed E-state index contributed by atoms with van der Waals surface area (Å²) in [6.07, 6.45) is 2.06. The van der Waals surface area contributed by atoms with Gasteiger partial charge in [0.15, 0.2) is 0 Å². The van der Waals surface area contributed by atoms with E-state index < -0.39 is 15.9 Å². The molecule has 28 heavy (non-hydrogen) atoms. The van der Waals surface area contributed by atoms with Crippen LogP contribution < -0.4 is 5.32 Å². The summed E-state index contributed by atoms with van der Waals surface area (Å²) < 4.78 is 26.0. The fourth-order valence-corrected chi connectivity index (χ4v) is 5.35. The van der Waals surface area contributed by atoms with Gasteiger partial charge in [0.1, 0.15) is 4.21 Å². The molecule has 0 spiro atoms. The second kappa shape index (κ2) is 8.85. The molecular formula is C19H23N3O4S2. The summed E-state index contributed by atoms with van der Waals surface area (Å²) in [5.41, 5.74) is 1.40. The maximum Gasteiger partial charge on any atom is 0.253 e. The van der Waals surface area contributed by atoms with E-state index in [0.717, 1.165) is 47.1 Å². The van der Waals surface area contributed by atoms with Crippen LogP contribution in [0, 0.1) is 0 Å². The molecule has 2 heterocycles. The first-order valence-corrected chi connectivity index (χ1v) is 11.3. The van der Waals surface area contributed by atoms with Crippen molar-refractivity contribution in [1.29, 1.82) is 0 Å². The Balaban J connectivity index is 1.56. The molecule has 1 aromatic carbocycles. The minimum Gasteiger partial charge on any atom is -0.351 e. The highest BCUT2D eigenvalue weighted by Crippen LogP contribution is 2.19. The molecule has 0 radical (unpaired) electrons. The minimum absolute atomic E-state index is 0.00690. The van der Waals surface area contributed by atoms with Crippen LogP contribution >= 0.6 is 11.3 Å². The lowest BCUT2D eigenvalue weighted by molar-refractivity contribution is -0.121. The van der Waals surface area contributed by atoms with Crippen LogP contribution in [-0.4, -0.2) is 56.1 Å². The molecule has 0 atom stereocenters. The number of hydrogen-bond donors (Lipinski definition) is 1. The Labute approximate surface area is 169 Å². The summed E-state index contributed by atoms with van der Waals surface area (Å²) in [4.78, 5) is 26.5. The van der Waals surface area contributed by atoms with Gasteiger partial charge in [-0.05, 0) is 42.0 Å². The van der Waals surface area contributed by atoms with Gasteiger partial charge in [-0.15, -0.1) is 11.3 Å². The van der Waals surface area contributed by atoms with Gasteiger partial charge in [0.25, 0.3) is 15.9 Å². The van der Waals surface area contributed by atoms with E-state index in [2.05, 4.69) is 5.32 Å². The Kier molecular flexibility index (Phi) is 6.48. The summed E-state index contributed by atoms with van der Waals surface area (Å²) >= 11 is 1.11. The van der Waals surface area contributed by atoms with E-state index in [1.807, 2.05) is 11.0 Å². The number of benzene rings is 1. The standard InChI is InChI=1S/C19H23N3O4S2/c1-21(28(25,26)18-8-5-11-27-18)14-17(23)20-13-15-6-4-7-16(12-15)19(24)22-9-2-3-10-22/h4-8,11-12H,2-3,9-10,13-14H2,1H3,(H,20,23). The lowest BCUT2D eigenvalue weighted by atomic mass is 10.1. The van der Waals surface area contributed by atoms with Crippen LogP contribution in [0.3, 0.4) is 0 Å². The third-order valence-corrected chi connectivity index (χ3v) is 7.76. The van der Waals surface area contributed by atoms with Crippen LogP contribution in [0.25, 0.3) is 0 Å². The number of nitrogens with one attached hydrogen (secondary N) is 1. The van der Waals surface area contributed by atoms with Gasteiger partial charge in [-0.25, -0.2) is 8.42 Å². The van der Waals surface area contributed by atoms with Crippen molar-refractivity contribution in [3.05, 3.63) is 52.9 Å². The predicted octanol–water partition coefficient (Wildman–Crippen LogP) is 1.92. The molecule has 1 saturated heterocycles. The molecule has 1 fully saturated rings. The summed E-state index contributed by atoms with van der Waals surface area (Å²) in [6, 6.07) is 10.3. The van der Waals surface area contributed by atoms with Gasteiger partial charge in [-0.3, -0.25) is 9.59 Å². The van der Waals surface area contributed by atoms with Crippen molar-refractivity contribution in [1.82, 2.24) is 14.5 Å². The van der Waals surface area contributed by atoms with Crippen LogP contribution in [0.1, 0.15) is 28.8 Å². The van der Waals surface area contributed by atoms with E-state index in [4.69, 9.17) is 0 Å². The minimum atomic E-state index is -3.66. The van der Waals surface area contributed by atoms with Crippen molar-refractivity contribution in [3.63, 3.8) is 0 Å². The SMILES string of the molecule is CN(CC(=O)NCc1cccc(C(=O)N2CCCC2)c1)S(=O)(=O)c1cccs1. The maximum absolute atomic E-state index is 12.5. The average molecular weight is 422 g/mol. The van der Waals surface area contributed by atoms with Crippen LogP contribution in [-0.2, 0) is 21.4 Å². The van der Waals surface area contributed by atoms with Gasteiger partial charge in [0.2, 0.25) is 5.91 Å². The van der Waals surface area contributed by atoms with E-state index in [1.54, 1.807) is 29.6 Å². The van der Waals surface area contributed by atoms with Crippen molar-refractivity contribution in [2.75, 3.05) is 26.7 Å². The Morgan fingerprint density at radius 2 is 1.93 bits per heavy atom. The van der Waals surface area contributed by atoms with Crippen molar-refractivity contribution >= 4 is 33.2 Å². The lowest BCUT2D eigenvalue weighted by Gasteiger charge is -2.17. The fraction of sp³-hybridized carbons (Fsp3) is 0.368. The smallest absolute Gasteiger partial charge is 0.253 e. The largest absolute Gasteiger partial charge is 0.351 e. The van der Waals surface area contributed by atoms with E-state index in [0.29, 0.717) is 5.56 Å². The Morgan fingerprint density at radius 1 is 1.18 bits per heavy atom. The average Bonchev–Trinajstić information content (AvgIpc) is 3.40. The highest BCUT2D eigenvalue weighted by atomic mass is 32.2. The second-order valence-corrected chi connectivity index (χ2v) is 9.89. The van der Waals surface area contributed by atoms with E-state index >= 15 is 0 Å². The highest BCUT2D eigenvalue weighted by Gasteiger charge is 2.24. The van der Waals surface area contributed by atoms with Crippen molar-refractivity contribution < 1.29 is 18.0 Å². The van der Waals surface area contributed by atoms with Gasteiger partial charge in [-0.2, -0.15) is 4.31 Å². The molecule has 0 unspecified atom stereocenters. The van der Waals surface area contributed by atoms with E-state index in [1.165, 1.54) is 13.1 Å².